The second-order valence-corrected chi connectivity index (χ2v) is 6.82. The third-order valence-corrected chi connectivity index (χ3v) is 5.36. The lowest BCUT2D eigenvalue weighted by molar-refractivity contribution is 0.356. The normalized spacial score (nSPS) is 17.2. The highest BCUT2D eigenvalue weighted by atomic mass is 32.1. The number of methoxy groups -OCH3 is 2. The zero-order valence-electron chi connectivity index (χ0n) is 14.2. The molecule has 0 unspecified atom stereocenters. The van der Waals surface area contributed by atoms with E-state index in [-0.39, 0.29) is 0 Å². The number of thiophene rings is 1. The Morgan fingerprint density at radius 1 is 1.20 bits per heavy atom. The number of ether oxygens (including phenoxy) is 2. The van der Waals surface area contributed by atoms with Crippen LogP contribution < -0.4 is 20.1 Å². The lowest BCUT2D eigenvalue weighted by atomic mass is 10.1. The van der Waals surface area contributed by atoms with Crippen molar-refractivity contribution >= 4 is 34.0 Å². The molecule has 1 atom stereocenters. The number of benzene rings is 1. The number of nitrogens with two attached hydrogens (primary N) is 1. The molecule has 1 saturated heterocycles. The highest BCUT2D eigenvalue weighted by molar-refractivity contribution is 7.08. The molecule has 2 N–H and O–H groups in total. The number of nitrogens with zero attached hydrogens (tertiary/aromatic N) is 3. The highest BCUT2D eigenvalue weighted by Crippen LogP contribution is 2.38. The number of rotatable bonds is 4. The van der Waals surface area contributed by atoms with Gasteiger partial charge in [-0.2, -0.15) is 16.3 Å². The molecular weight excluding hydrogens is 336 g/mol. The molecule has 3 heterocycles. The van der Waals surface area contributed by atoms with Crippen LogP contribution in [0.3, 0.4) is 0 Å². The summed E-state index contributed by atoms with van der Waals surface area (Å²) in [4.78, 5) is 11.6. The summed E-state index contributed by atoms with van der Waals surface area (Å²) in [6, 6.07) is 6.16. The van der Waals surface area contributed by atoms with Gasteiger partial charge in [0.05, 0.1) is 25.8 Å². The Morgan fingerprint density at radius 2 is 2.00 bits per heavy atom. The molecule has 0 amide bonds. The van der Waals surface area contributed by atoms with Crippen molar-refractivity contribution in [3.63, 3.8) is 0 Å². The van der Waals surface area contributed by atoms with Crippen LogP contribution in [0.1, 0.15) is 24.4 Å². The predicted molar refractivity (Wildman–Crippen MR) is 101 cm³/mol. The van der Waals surface area contributed by atoms with E-state index in [4.69, 9.17) is 20.2 Å². The summed E-state index contributed by atoms with van der Waals surface area (Å²) < 4.78 is 10.7. The van der Waals surface area contributed by atoms with E-state index in [1.165, 1.54) is 5.56 Å². The molecule has 1 aliphatic heterocycles. The number of anilines is 2. The van der Waals surface area contributed by atoms with Gasteiger partial charge in [-0.3, -0.25) is 0 Å². The fourth-order valence-electron chi connectivity index (χ4n) is 3.41. The molecule has 0 aliphatic carbocycles. The van der Waals surface area contributed by atoms with Crippen molar-refractivity contribution in [2.45, 2.75) is 18.9 Å². The van der Waals surface area contributed by atoms with Crippen molar-refractivity contribution in [2.75, 3.05) is 31.4 Å². The molecule has 3 aromatic rings. The summed E-state index contributed by atoms with van der Waals surface area (Å²) in [5.41, 5.74) is 8.31. The molecular formula is C18H20N4O2S. The first-order chi connectivity index (χ1) is 12.2. The summed E-state index contributed by atoms with van der Waals surface area (Å²) in [5, 5.41) is 5.08. The van der Waals surface area contributed by atoms with Crippen LogP contribution in [0.5, 0.6) is 11.5 Å². The number of aromatic nitrogens is 2. The van der Waals surface area contributed by atoms with Crippen molar-refractivity contribution in [1.29, 1.82) is 0 Å². The van der Waals surface area contributed by atoms with Gasteiger partial charge >= 0.3 is 0 Å². The van der Waals surface area contributed by atoms with Crippen LogP contribution >= 0.6 is 11.3 Å². The standard InChI is InChI=1S/C18H20N4O2S/c1-23-15-8-12-13(9-16(15)24-2)20-18(21-17(12)19)22-6-3-4-14(22)11-5-7-25-10-11/h5,7-10,14H,3-4,6H2,1-2H3,(H2,19,20,21)/t14-/m1/s1. The average Bonchev–Trinajstić information content (AvgIpc) is 3.31. The number of fused-ring (bicyclic) bond motifs is 1. The number of hydrogen-bond acceptors (Lipinski definition) is 7. The van der Waals surface area contributed by atoms with Crippen LogP contribution in [0, 0.1) is 0 Å². The molecule has 0 bridgehead atoms. The summed E-state index contributed by atoms with van der Waals surface area (Å²) >= 11 is 1.72. The first-order valence-electron chi connectivity index (χ1n) is 8.19. The van der Waals surface area contributed by atoms with Crippen LogP contribution in [0.4, 0.5) is 11.8 Å². The van der Waals surface area contributed by atoms with E-state index in [1.807, 2.05) is 12.1 Å². The summed E-state index contributed by atoms with van der Waals surface area (Å²) in [7, 11) is 3.22. The van der Waals surface area contributed by atoms with E-state index in [2.05, 4.69) is 26.7 Å². The van der Waals surface area contributed by atoms with Gasteiger partial charge in [0.1, 0.15) is 5.82 Å². The van der Waals surface area contributed by atoms with Gasteiger partial charge < -0.3 is 20.1 Å². The third kappa shape index (κ3) is 2.74. The van der Waals surface area contributed by atoms with Crippen LogP contribution in [-0.2, 0) is 0 Å². The molecule has 1 aliphatic rings. The maximum Gasteiger partial charge on any atom is 0.228 e. The SMILES string of the molecule is COc1cc2nc(N3CCC[C@@H]3c3ccsc3)nc(N)c2cc1OC. The zero-order chi connectivity index (χ0) is 17.4. The van der Waals surface area contributed by atoms with Crippen LogP contribution in [-0.4, -0.2) is 30.7 Å². The molecule has 130 valence electrons. The molecule has 7 heteroatoms. The topological polar surface area (TPSA) is 73.5 Å². The van der Waals surface area contributed by atoms with Gasteiger partial charge in [0.15, 0.2) is 11.5 Å². The predicted octanol–water partition coefficient (Wildman–Crippen LogP) is 3.63. The Bertz CT molecular complexity index is 898. The molecule has 25 heavy (non-hydrogen) atoms. The summed E-state index contributed by atoms with van der Waals surface area (Å²) in [6.07, 6.45) is 2.22. The monoisotopic (exact) mass is 356 g/mol. The van der Waals surface area contributed by atoms with Crippen molar-refractivity contribution in [2.24, 2.45) is 0 Å². The number of nitrogen functional groups attached to an aromatic ring is 1. The fraction of sp³-hybridized carbons (Fsp3) is 0.333. The van der Waals surface area contributed by atoms with Crippen LogP contribution in [0.25, 0.3) is 10.9 Å². The zero-order valence-corrected chi connectivity index (χ0v) is 15.0. The molecule has 6 nitrogen and oxygen atoms in total. The van der Waals surface area contributed by atoms with E-state index < -0.39 is 0 Å². The molecule has 2 aromatic heterocycles. The minimum absolute atomic E-state index is 0.309. The van der Waals surface area contributed by atoms with Gasteiger partial charge in [-0.05, 0) is 41.3 Å². The van der Waals surface area contributed by atoms with Gasteiger partial charge in [-0.25, -0.2) is 4.98 Å². The molecule has 4 rings (SSSR count). The van der Waals surface area contributed by atoms with Crippen molar-refractivity contribution < 1.29 is 9.47 Å². The van der Waals surface area contributed by atoms with E-state index in [0.29, 0.717) is 29.3 Å². The van der Waals surface area contributed by atoms with E-state index in [1.54, 1.807) is 25.6 Å². The highest BCUT2D eigenvalue weighted by Gasteiger charge is 2.29. The van der Waals surface area contributed by atoms with Gasteiger partial charge in [-0.1, -0.05) is 0 Å². The molecule has 1 aromatic carbocycles. The van der Waals surface area contributed by atoms with Crippen LogP contribution in [0.2, 0.25) is 0 Å². The van der Waals surface area contributed by atoms with Crippen molar-refractivity contribution in [1.82, 2.24) is 9.97 Å². The van der Waals surface area contributed by atoms with E-state index >= 15 is 0 Å². The quantitative estimate of drug-likeness (QED) is 0.769. The molecule has 0 radical (unpaired) electrons. The molecule has 0 saturated carbocycles. The van der Waals surface area contributed by atoms with E-state index in [9.17, 15) is 0 Å². The third-order valence-electron chi connectivity index (χ3n) is 4.66. The summed E-state index contributed by atoms with van der Waals surface area (Å²) in [5.74, 6) is 2.38. The molecule has 0 spiro atoms. The van der Waals surface area contributed by atoms with Gasteiger partial charge in [0.2, 0.25) is 5.95 Å². The van der Waals surface area contributed by atoms with Crippen molar-refractivity contribution in [3.8, 4) is 11.5 Å². The number of hydrogen-bond donors (Lipinski definition) is 1. The first kappa shape index (κ1) is 16.0. The van der Waals surface area contributed by atoms with Gasteiger partial charge in [0, 0.05) is 18.0 Å². The summed E-state index contributed by atoms with van der Waals surface area (Å²) in [6.45, 7) is 0.929. The van der Waals surface area contributed by atoms with Gasteiger partial charge in [-0.15, -0.1) is 0 Å². The lowest BCUT2D eigenvalue weighted by Gasteiger charge is -2.24. The minimum Gasteiger partial charge on any atom is -0.493 e. The van der Waals surface area contributed by atoms with Crippen molar-refractivity contribution in [3.05, 3.63) is 34.5 Å². The Balaban J connectivity index is 1.80. The second-order valence-electron chi connectivity index (χ2n) is 6.04. The second kappa shape index (κ2) is 6.40. The maximum absolute atomic E-state index is 6.23. The largest absolute Gasteiger partial charge is 0.493 e. The minimum atomic E-state index is 0.309. The lowest BCUT2D eigenvalue weighted by Crippen LogP contribution is -2.24. The Morgan fingerprint density at radius 3 is 2.72 bits per heavy atom. The maximum atomic E-state index is 6.23. The van der Waals surface area contributed by atoms with E-state index in [0.717, 1.165) is 30.3 Å². The fourth-order valence-corrected chi connectivity index (χ4v) is 4.12. The molecule has 1 fully saturated rings. The van der Waals surface area contributed by atoms with Gasteiger partial charge in [0.25, 0.3) is 0 Å². The smallest absolute Gasteiger partial charge is 0.228 e. The Labute approximate surface area is 150 Å². The first-order valence-corrected chi connectivity index (χ1v) is 9.13. The average molecular weight is 356 g/mol. The Hall–Kier alpha value is -2.54. The Kier molecular flexibility index (Phi) is 4.09. The van der Waals surface area contributed by atoms with Crippen LogP contribution in [0.15, 0.2) is 29.0 Å².